The number of nitrogens with zero attached hydrogens (tertiary/aromatic N) is 2. The largest absolute Gasteiger partial charge is 0.383 e. The predicted molar refractivity (Wildman–Crippen MR) is 101 cm³/mol. The number of hydrogen-bond acceptors (Lipinski definition) is 3. The minimum atomic E-state index is -0.0764. The molecule has 0 saturated carbocycles. The lowest BCUT2D eigenvalue weighted by Crippen LogP contribution is -2.41. The van der Waals surface area contributed by atoms with E-state index in [2.05, 4.69) is 50.9 Å². The first-order valence-corrected chi connectivity index (χ1v) is 9.05. The Morgan fingerprint density at radius 1 is 1.32 bits per heavy atom. The van der Waals surface area contributed by atoms with Crippen LogP contribution in [0.3, 0.4) is 0 Å². The number of nitrogens with one attached hydrogen (secondary N) is 2. The SMILES string of the molecule is CCNC(=NCC(=O)NCCOC)N1CCC(Cc2ccccc2)C1. The summed E-state index contributed by atoms with van der Waals surface area (Å²) < 4.78 is 4.93. The molecule has 1 aromatic carbocycles. The van der Waals surface area contributed by atoms with Crippen LogP contribution in [0.25, 0.3) is 0 Å². The zero-order valence-corrected chi connectivity index (χ0v) is 15.3. The summed E-state index contributed by atoms with van der Waals surface area (Å²) in [5.74, 6) is 1.38. The van der Waals surface area contributed by atoms with Crippen molar-refractivity contribution < 1.29 is 9.53 Å². The van der Waals surface area contributed by atoms with E-state index in [0.29, 0.717) is 19.1 Å². The van der Waals surface area contributed by atoms with Gasteiger partial charge in [0.1, 0.15) is 6.54 Å². The molecule has 1 aliphatic heterocycles. The summed E-state index contributed by atoms with van der Waals surface area (Å²) in [6, 6.07) is 10.6. The summed E-state index contributed by atoms with van der Waals surface area (Å²) in [6.07, 6.45) is 2.24. The van der Waals surface area contributed by atoms with Gasteiger partial charge in [0.25, 0.3) is 0 Å². The Morgan fingerprint density at radius 2 is 2.12 bits per heavy atom. The Balaban J connectivity index is 1.85. The fraction of sp³-hybridized carbons (Fsp3) is 0.579. The number of rotatable bonds is 8. The Bertz CT molecular complexity index is 548. The normalized spacial score (nSPS) is 17.6. The van der Waals surface area contributed by atoms with E-state index in [0.717, 1.165) is 38.4 Å². The molecule has 1 heterocycles. The molecule has 1 unspecified atom stereocenters. The molecule has 138 valence electrons. The Kier molecular flexibility index (Phi) is 8.25. The van der Waals surface area contributed by atoms with E-state index in [9.17, 15) is 4.79 Å². The van der Waals surface area contributed by atoms with Crippen LogP contribution in [0.1, 0.15) is 18.9 Å². The highest BCUT2D eigenvalue weighted by atomic mass is 16.5. The molecule has 0 spiro atoms. The van der Waals surface area contributed by atoms with Gasteiger partial charge in [0.2, 0.25) is 5.91 Å². The maximum Gasteiger partial charge on any atom is 0.241 e. The number of hydrogen-bond donors (Lipinski definition) is 2. The Morgan fingerprint density at radius 3 is 2.84 bits per heavy atom. The van der Waals surface area contributed by atoms with Gasteiger partial charge in [-0.25, -0.2) is 4.99 Å². The van der Waals surface area contributed by atoms with Crippen molar-refractivity contribution in [2.45, 2.75) is 19.8 Å². The number of guanidine groups is 1. The molecule has 6 nitrogen and oxygen atoms in total. The fourth-order valence-corrected chi connectivity index (χ4v) is 3.06. The minimum absolute atomic E-state index is 0.0764. The average Bonchev–Trinajstić information content (AvgIpc) is 3.08. The maximum absolute atomic E-state index is 11.8. The molecule has 1 aromatic rings. The highest BCUT2D eigenvalue weighted by Gasteiger charge is 2.25. The number of aliphatic imine (C=N–C) groups is 1. The summed E-state index contributed by atoms with van der Waals surface area (Å²) in [4.78, 5) is 18.6. The van der Waals surface area contributed by atoms with Gasteiger partial charge in [0, 0.05) is 33.3 Å². The van der Waals surface area contributed by atoms with Gasteiger partial charge in [-0.05, 0) is 31.2 Å². The van der Waals surface area contributed by atoms with E-state index < -0.39 is 0 Å². The smallest absolute Gasteiger partial charge is 0.241 e. The summed E-state index contributed by atoms with van der Waals surface area (Å²) >= 11 is 0. The van der Waals surface area contributed by atoms with Crippen LogP contribution < -0.4 is 10.6 Å². The highest BCUT2D eigenvalue weighted by Crippen LogP contribution is 2.20. The second-order valence-corrected chi connectivity index (χ2v) is 6.30. The van der Waals surface area contributed by atoms with Crippen LogP contribution in [-0.4, -0.2) is 63.2 Å². The molecule has 0 aliphatic carbocycles. The average molecular weight is 346 g/mol. The van der Waals surface area contributed by atoms with Crippen LogP contribution in [0.5, 0.6) is 0 Å². The minimum Gasteiger partial charge on any atom is -0.383 e. The van der Waals surface area contributed by atoms with E-state index >= 15 is 0 Å². The number of amides is 1. The Hall–Kier alpha value is -2.08. The lowest BCUT2D eigenvalue weighted by Gasteiger charge is -2.21. The quantitative estimate of drug-likeness (QED) is 0.423. The topological polar surface area (TPSA) is 66.0 Å². The van der Waals surface area contributed by atoms with Crippen molar-refractivity contribution >= 4 is 11.9 Å². The van der Waals surface area contributed by atoms with Crippen LogP contribution in [-0.2, 0) is 16.0 Å². The number of carbonyl (C=O) groups is 1. The first kappa shape index (κ1) is 19.2. The monoisotopic (exact) mass is 346 g/mol. The van der Waals surface area contributed by atoms with E-state index in [1.165, 1.54) is 5.56 Å². The van der Waals surface area contributed by atoms with Gasteiger partial charge in [-0.15, -0.1) is 0 Å². The summed E-state index contributed by atoms with van der Waals surface area (Å²) in [7, 11) is 1.62. The van der Waals surface area contributed by atoms with Gasteiger partial charge in [-0.3, -0.25) is 4.79 Å². The number of likely N-dealkylation sites (tertiary alicyclic amines) is 1. The van der Waals surface area contributed by atoms with Gasteiger partial charge in [-0.2, -0.15) is 0 Å². The molecule has 1 amide bonds. The van der Waals surface area contributed by atoms with Crippen molar-refractivity contribution in [3.05, 3.63) is 35.9 Å². The lowest BCUT2D eigenvalue weighted by molar-refractivity contribution is -0.119. The van der Waals surface area contributed by atoms with Crippen LogP contribution in [0.2, 0.25) is 0 Å². The first-order chi connectivity index (χ1) is 12.2. The predicted octanol–water partition coefficient (Wildman–Crippen LogP) is 1.28. The van der Waals surface area contributed by atoms with Crippen molar-refractivity contribution in [1.82, 2.24) is 15.5 Å². The second-order valence-electron chi connectivity index (χ2n) is 6.30. The van der Waals surface area contributed by atoms with Crippen LogP contribution in [0.4, 0.5) is 0 Å². The van der Waals surface area contributed by atoms with Crippen molar-refractivity contribution in [3.63, 3.8) is 0 Å². The Labute approximate surface area is 150 Å². The lowest BCUT2D eigenvalue weighted by atomic mass is 9.99. The summed E-state index contributed by atoms with van der Waals surface area (Å²) in [5.41, 5.74) is 1.38. The van der Waals surface area contributed by atoms with Gasteiger partial charge >= 0.3 is 0 Å². The molecule has 1 aliphatic rings. The maximum atomic E-state index is 11.8. The number of benzene rings is 1. The van der Waals surface area contributed by atoms with E-state index in [1.54, 1.807) is 7.11 Å². The van der Waals surface area contributed by atoms with Crippen molar-refractivity contribution in [2.75, 3.05) is 46.4 Å². The zero-order valence-electron chi connectivity index (χ0n) is 15.3. The molecule has 0 bridgehead atoms. The number of carbonyl (C=O) groups excluding carboxylic acids is 1. The fourth-order valence-electron chi connectivity index (χ4n) is 3.06. The van der Waals surface area contributed by atoms with E-state index in [1.807, 2.05) is 6.92 Å². The summed E-state index contributed by atoms with van der Waals surface area (Å²) in [6.45, 7) is 5.98. The molecule has 0 aromatic heterocycles. The van der Waals surface area contributed by atoms with Gasteiger partial charge < -0.3 is 20.3 Å². The highest BCUT2D eigenvalue weighted by molar-refractivity contribution is 5.85. The third-order valence-corrected chi connectivity index (χ3v) is 4.29. The van der Waals surface area contributed by atoms with Gasteiger partial charge in [0.05, 0.1) is 6.61 Å². The van der Waals surface area contributed by atoms with Gasteiger partial charge in [-0.1, -0.05) is 30.3 Å². The summed E-state index contributed by atoms with van der Waals surface area (Å²) in [5, 5.41) is 6.10. The van der Waals surface area contributed by atoms with Crippen LogP contribution >= 0.6 is 0 Å². The third kappa shape index (κ3) is 6.74. The van der Waals surface area contributed by atoms with E-state index in [4.69, 9.17) is 4.74 Å². The second kappa shape index (κ2) is 10.7. The molecule has 6 heteroatoms. The molecule has 1 atom stereocenters. The van der Waals surface area contributed by atoms with Crippen molar-refractivity contribution in [2.24, 2.45) is 10.9 Å². The molecular formula is C19H30N4O2. The molecule has 2 N–H and O–H groups in total. The van der Waals surface area contributed by atoms with Crippen LogP contribution in [0, 0.1) is 5.92 Å². The third-order valence-electron chi connectivity index (χ3n) is 4.29. The number of ether oxygens (including phenoxy) is 1. The molecule has 0 radical (unpaired) electrons. The number of methoxy groups -OCH3 is 1. The standard InChI is InChI=1S/C19H30N4O2/c1-3-20-19(22-14-18(24)21-10-12-25-2)23-11-9-17(15-23)13-16-7-5-4-6-8-16/h4-8,17H,3,9-15H2,1-2H3,(H,20,22)(H,21,24). The molecule has 2 rings (SSSR count). The first-order valence-electron chi connectivity index (χ1n) is 9.05. The molecule has 1 fully saturated rings. The van der Waals surface area contributed by atoms with Crippen molar-refractivity contribution in [3.8, 4) is 0 Å². The van der Waals surface area contributed by atoms with E-state index in [-0.39, 0.29) is 12.5 Å². The molecule has 1 saturated heterocycles. The molecular weight excluding hydrogens is 316 g/mol. The molecule has 25 heavy (non-hydrogen) atoms. The van der Waals surface area contributed by atoms with Crippen molar-refractivity contribution in [1.29, 1.82) is 0 Å². The van der Waals surface area contributed by atoms with Crippen LogP contribution in [0.15, 0.2) is 35.3 Å². The van der Waals surface area contributed by atoms with Gasteiger partial charge in [0.15, 0.2) is 5.96 Å². The zero-order chi connectivity index (χ0) is 17.9.